The number of hydrogen-bond donors (Lipinski definition) is 1. The highest BCUT2D eigenvalue weighted by Gasteiger charge is 2.23. The fourth-order valence-electron chi connectivity index (χ4n) is 4.77. The summed E-state index contributed by atoms with van der Waals surface area (Å²) in [6.45, 7) is 4.36. The van der Waals surface area contributed by atoms with Crippen molar-refractivity contribution in [1.29, 1.82) is 0 Å². The second-order valence-electron chi connectivity index (χ2n) is 8.91. The van der Waals surface area contributed by atoms with Crippen molar-refractivity contribution in [2.75, 3.05) is 26.0 Å². The summed E-state index contributed by atoms with van der Waals surface area (Å²) < 4.78 is 7.77. The molecule has 2 aromatic heterocycles. The average Bonchev–Trinajstić information content (AvgIpc) is 3.17. The molecule has 3 heterocycles. The van der Waals surface area contributed by atoms with Gasteiger partial charge in [-0.1, -0.05) is 6.92 Å². The number of nitrogens with zero attached hydrogens (tertiary/aromatic N) is 5. The molecule has 1 N–H and O–H groups in total. The van der Waals surface area contributed by atoms with Crippen LogP contribution in [0, 0.1) is 5.92 Å². The van der Waals surface area contributed by atoms with Crippen LogP contribution in [0.5, 0.6) is 5.75 Å². The van der Waals surface area contributed by atoms with Crippen LogP contribution < -0.4 is 10.1 Å². The predicted octanol–water partition coefficient (Wildman–Crippen LogP) is 4.32. The molecule has 7 heteroatoms. The van der Waals surface area contributed by atoms with E-state index in [0.29, 0.717) is 12.0 Å². The Labute approximate surface area is 177 Å². The van der Waals surface area contributed by atoms with Crippen LogP contribution in [0.3, 0.4) is 0 Å². The van der Waals surface area contributed by atoms with Gasteiger partial charge in [-0.15, -0.1) is 0 Å². The SMILES string of the molecule is COc1cc2c(cc1Nc1ncc3cnn(C4CCC(C)CC4)c3n1)CN(C)CC2. The van der Waals surface area contributed by atoms with Crippen LogP contribution in [0.15, 0.2) is 24.5 Å². The van der Waals surface area contributed by atoms with E-state index >= 15 is 0 Å². The fraction of sp³-hybridized carbons (Fsp3) is 0.522. The Morgan fingerprint density at radius 2 is 1.93 bits per heavy atom. The Kier molecular flexibility index (Phi) is 5.06. The maximum absolute atomic E-state index is 5.66. The van der Waals surface area contributed by atoms with Crippen molar-refractivity contribution in [3.63, 3.8) is 0 Å². The Morgan fingerprint density at radius 3 is 2.73 bits per heavy atom. The number of nitrogens with one attached hydrogen (secondary N) is 1. The first-order valence-electron chi connectivity index (χ1n) is 11.0. The Hall–Kier alpha value is -2.67. The quantitative estimate of drug-likeness (QED) is 0.696. The van der Waals surface area contributed by atoms with Crippen LogP contribution >= 0.6 is 0 Å². The van der Waals surface area contributed by atoms with Gasteiger partial charge < -0.3 is 15.0 Å². The first-order chi connectivity index (χ1) is 14.6. The lowest BCUT2D eigenvalue weighted by atomic mass is 9.87. The minimum Gasteiger partial charge on any atom is -0.495 e. The molecule has 0 saturated heterocycles. The molecule has 30 heavy (non-hydrogen) atoms. The van der Waals surface area contributed by atoms with E-state index in [9.17, 15) is 0 Å². The van der Waals surface area contributed by atoms with E-state index in [1.165, 1.54) is 24.0 Å². The number of ether oxygens (including phenoxy) is 1. The van der Waals surface area contributed by atoms with Crippen molar-refractivity contribution in [2.24, 2.45) is 5.92 Å². The Balaban J connectivity index is 1.46. The largest absolute Gasteiger partial charge is 0.495 e. The molecule has 0 spiro atoms. The highest BCUT2D eigenvalue weighted by Crippen LogP contribution is 2.35. The van der Waals surface area contributed by atoms with Crippen LogP contribution in [0.1, 0.15) is 49.8 Å². The van der Waals surface area contributed by atoms with Gasteiger partial charge >= 0.3 is 0 Å². The lowest BCUT2D eigenvalue weighted by Crippen LogP contribution is -2.26. The van der Waals surface area contributed by atoms with Gasteiger partial charge in [0, 0.05) is 19.3 Å². The van der Waals surface area contributed by atoms with Gasteiger partial charge in [-0.3, -0.25) is 0 Å². The topological polar surface area (TPSA) is 68.1 Å². The second kappa shape index (κ2) is 7.87. The number of methoxy groups -OCH3 is 1. The fourth-order valence-corrected chi connectivity index (χ4v) is 4.77. The van der Waals surface area contributed by atoms with Crippen molar-refractivity contribution in [3.8, 4) is 5.75 Å². The zero-order valence-electron chi connectivity index (χ0n) is 18.1. The first-order valence-corrected chi connectivity index (χ1v) is 11.0. The monoisotopic (exact) mass is 406 g/mol. The molecule has 1 fully saturated rings. The molecule has 0 atom stereocenters. The molecule has 0 radical (unpaired) electrons. The van der Waals surface area contributed by atoms with Crippen molar-refractivity contribution >= 4 is 22.7 Å². The molecule has 158 valence electrons. The number of rotatable bonds is 4. The number of likely N-dealkylation sites (N-methyl/N-ethyl adjacent to an activating group) is 1. The van der Waals surface area contributed by atoms with Crippen LogP contribution in [0.4, 0.5) is 11.6 Å². The van der Waals surface area contributed by atoms with Gasteiger partial charge in [0.05, 0.1) is 30.4 Å². The number of aromatic nitrogens is 4. The van der Waals surface area contributed by atoms with E-state index in [0.717, 1.165) is 60.7 Å². The number of hydrogen-bond acceptors (Lipinski definition) is 6. The molecule has 7 nitrogen and oxygen atoms in total. The molecular weight excluding hydrogens is 376 g/mol. The molecule has 3 aromatic rings. The third-order valence-corrected chi connectivity index (χ3v) is 6.64. The summed E-state index contributed by atoms with van der Waals surface area (Å²) in [7, 11) is 3.87. The van der Waals surface area contributed by atoms with E-state index < -0.39 is 0 Å². The summed E-state index contributed by atoms with van der Waals surface area (Å²) in [5, 5.41) is 9.03. The van der Waals surface area contributed by atoms with Crippen molar-refractivity contribution in [2.45, 2.75) is 51.6 Å². The number of fused-ring (bicyclic) bond motifs is 2. The summed E-state index contributed by atoms with van der Waals surface area (Å²) in [4.78, 5) is 11.7. The second-order valence-corrected chi connectivity index (χ2v) is 8.91. The minimum atomic E-state index is 0.426. The highest BCUT2D eigenvalue weighted by atomic mass is 16.5. The highest BCUT2D eigenvalue weighted by molar-refractivity contribution is 5.76. The van der Waals surface area contributed by atoms with Crippen LogP contribution in [-0.4, -0.2) is 45.4 Å². The van der Waals surface area contributed by atoms with Crippen LogP contribution in [0.2, 0.25) is 0 Å². The van der Waals surface area contributed by atoms with E-state index in [2.05, 4.69) is 51.1 Å². The van der Waals surface area contributed by atoms with Crippen molar-refractivity contribution < 1.29 is 4.74 Å². The molecule has 5 rings (SSSR count). The maximum Gasteiger partial charge on any atom is 0.229 e. The Bertz CT molecular complexity index is 1050. The summed E-state index contributed by atoms with van der Waals surface area (Å²) >= 11 is 0. The van der Waals surface area contributed by atoms with E-state index in [4.69, 9.17) is 9.72 Å². The van der Waals surface area contributed by atoms with Gasteiger partial charge in [0.25, 0.3) is 0 Å². The lowest BCUT2D eigenvalue weighted by Gasteiger charge is -2.27. The van der Waals surface area contributed by atoms with Crippen molar-refractivity contribution in [3.05, 3.63) is 35.7 Å². The van der Waals surface area contributed by atoms with Crippen LogP contribution in [0.25, 0.3) is 11.0 Å². The molecule has 0 bridgehead atoms. The van der Waals surface area contributed by atoms with Gasteiger partial charge in [-0.25, -0.2) is 9.67 Å². The van der Waals surface area contributed by atoms with Crippen molar-refractivity contribution in [1.82, 2.24) is 24.6 Å². The van der Waals surface area contributed by atoms with Gasteiger partial charge in [-0.2, -0.15) is 10.1 Å². The molecule has 1 aromatic carbocycles. The van der Waals surface area contributed by atoms with E-state index in [1.54, 1.807) is 7.11 Å². The molecule has 0 unspecified atom stereocenters. The van der Waals surface area contributed by atoms with Gasteiger partial charge in [-0.05, 0) is 68.3 Å². The first kappa shape index (κ1) is 19.3. The molecule has 0 amide bonds. The van der Waals surface area contributed by atoms with Crippen LogP contribution in [-0.2, 0) is 13.0 Å². The molecular formula is C23H30N6O. The molecule has 1 aliphatic carbocycles. The van der Waals surface area contributed by atoms with E-state index in [-0.39, 0.29) is 0 Å². The Morgan fingerprint density at radius 1 is 1.10 bits per heavy atom. The standard InChI is InChI=1S/C23H30N6O/c1-15-4-6-19(7-5-15)29-22-18(13-25-29)12-24-23(27-22)26-20-10-17-14-28(2)9-8-16(17)11-21(20)30-3/h10-13,15,19H,4-9,14H2,1-3H3,(H,24,26,27). The molecule has 2 aliphatic rings. The zero-order chi connectivity index (χ0) is 20.7. The predicted molar refractivity (Wildman–Crippen MR) is 118 cm³/mol. The number of anilines is 2. The third kappa shape index (κ3) is 3.62. The maximum atomic E-state index is 5.66. The number of benzene rings is 1. The summed E-state index contributed by atoms with van der Waals surface area (Å²) in [6, 6.07) is 4.75. The smallest absolute Gasteiger partial charge is 0.229 e. The normalized spacial score (nSPS) is 22.1. The van der Waals surface area contributed by atoms with Gasteiger partial charge in [0.2, 0.25) is 5.95 Å². The zero-order valence-corrected chi connectivity index (χ0v) is 18.1. The summed E-state index contributed by atoms with van der Waals surface area (Å²) in [5.41, 5.74) is 4.50. The third-order valence-electron chi connectivity index (χ3n) is 6.64. The van der Waals surface area contributed by atoms with Gasteiger partial charge in [0.15, 0.2) is 5.65 Å². The van der Waals surface area contributed by atoms with Gasteiger partial charge in [0.1, 0.15) is 5.75 Å². The minimum absolute atomic E-state index is 0.426. The summed E-state index contributed by atoms with van der Waals surface area (Å²) in [5.74, 6) is 2.22. The van der Waals surface area contributed by atoms with E-state index in [1.807, 2.05) is 12.4 Å². The lowest BCUT2D eigenvalue weighted by molar-refractivity contribution is 0.278. The summed E-state index contributed by atoms with van der Waals surface area (Å²) in [6.07, 6.45) is 9.62. The molecule has 1 saturated carbocycles. The average molecular weight is 407 g/mol. The molecule has 1 aliphatic heterocycles.